The number of hydrogen-bond donors (Lipinski definition) is 2. The second-order valence-corrected chi connectivity index (χ2v) is 5.29. The normalized spacial score (nSPS) is 10.1. The average molecular weight is 301 g/mol. The smallest absolute Gasteiger partial charge is 0.335 e. The molecule has 1 amide bonds. The fourth-order valence-electron chi connectivity index (χ4n) is 1.79. The summed E-state index contributed by atoms with van der Waals surface area (Å²) < 4.78 is 0. The lowest BCUT2D eigenvalue weighted by Crippen LogP contribution is -2.22. The van der Waals surface area contributed by atoms with Crippen molar-refractivity contribution < 1.29 is 14.7 Å². The zero-order chi connectivity index (χ0) is 15.2. The Morgan fingerprint density at radius 2 is 1.57 bits per heavy atom. The Hall–Kier alpha value is -2.27. The lowest BCUT2D eigenvalue weighted by molar-refractivity contribution is 0.0696. The molecule has 0 aliphatic heterocycles. The number of carbonyl (C=O) groups is 2. The predicted octanol–water partition coefficient (Wildman–Crippen LogP) is 3.04. The van der Waals surface area contributed by atoms with E-state index in [2.05, 4.69) is 5.32 Å². The molecule has 4 nitrogen and oxygen atoms in total. The zero-order valence-electron chi connectivity index (χ0n) is 11.5. The molecule has 2 aromatic carbocycles. The Morgan fingerprint density at radius 1 is 1.00 bits per heavy atom. The van der Waals surface area contributed by atoms with E-state index in [1.165, 1.54) is 12.1 Å². The molecule has 2 aromatic rings. The van der Waals surface area contributed by atoms with Crippen LogP contribution in [-0.4, -0.2) is 23.2 Å². The molecule has 0 aliphatic carbocycles. The number of rotatable bonds is 5. The predicted molar refractivity (Wildman–Crippen MR) is 82.8 cm³/mol. The Kier molecular flexibility index (Phi) is 5.00. The number of amides is 1. The van der Waals surface area contributed by atoms with Crippen molar-refractivity contribution in [1.29, 1.82) is 0 Å². The van der Waals surface area contributed by atoms with E-state index in [1.54, 1.807) is 36.0 Å². The molecule has 108 valence electrons. The van der Waals surface area contributed by atoms with Crippen molar-refractivity contribution in [2.24, 2.45) is 0 Å². The van der Waals surface area contributed by atoms with Crippen molar-refractivity contribution in [2.45, 2.75) is 11.4 Å². The third-order valence-electron chi connectivity index (χ3n) is 3.01. The van der Waals surface area contributed by atoms with Gasteiger partial charge in [-0.25, -0.2) is 4.79 Å². The highest BCUT2D eigenvalue weighted by atomic mass is 32.2. The van der Waals surface area contributed by atoms with Gasteiger partial charge in [-0.2, -0.15) is 0 Å². The van der Waals surface area contributed by atoms with E-state index in [0.717, 1.165) is 10.5 Å². The number of thioether (sulfide) groups is 1. The van der Waals surface area contributed by atoms with Gasteiger partial charge in [0.1, 0.15) is 0 Å². The molecule has 0 radical (unpaired) electrons. The molecule has 21 heavy (non-hydrogen) atoms. The molecular weight excluding hydrogens is 286 g/mol. The first-order valence-corrected chi connectivity index (χ1v) is 7.57. The fraction of sp³-hybridized carbons (Fsp3) is 0.125. The van der Waals surface area contributed by atoms with Crippen LogP contribution in [0.3, 0.4) is 0 Å². The molecule has 0 saturated heterocycles. The summed E-state index contributed by atoms with van der Waals surface area (Å²) in [6, 6.07) is 13.8. The van der Waals surface area contributed by atoms with Gasteiger partial charge in [0.25, 0.3) is 5.91 Å². The van der Waals surface area contributed by atoms with Gasteiger partial charge in [0.15, 0.2) is 0 Å². The third-order valence-corrected chi connectivity index (χ3v) is 3.75. The maximum absolute atomic E-state index is 12.0. The van der Waals surface area contributed by atoms with Crippen LogP contribution in [0.5, 0.6) is 0 Å². The van der Waals surface area contributed by atoms with Gasteiger partial charge < -0.3 is 10.4 Å². The van der Waals surface area contributed by atoms with Gasteiger partial charge >= 0.3 is 5.97 Å². The number of benzene rings is 2. The van der Waals surface area contributed by atoms with Gasteiger partial charge in [0.05, 0.1) is 5.56 Å². The number of nitrogens with one attached hydrogen (secondary N) is 1. The summed E-state index contributed by atoms with van der Waals surface area (Å²) in [7, 11) is 0. The second kappa shape index (κ2) is 6.95. The van der Waals surface area contributed by atoms with E-state index in [0.29, 0.717) is 12.1 Å². The molecule has 2 N–H and O–H groups in total. The minimum absolute atomic E-state index is 0.148. The maximum Gasteiger partial charge on any atom is 0.335 e. The maximum atomic E-state index is 12.0. The van der Waals surface area contributed by atoms with E-state index in [-0.39, 0.29) is 11.5 Å². The highest BCUT2D eigenvalue weighted by molar-refractivity contribution is 7.98. The highest BCUT2D eigenvalue weighted by Crippen LogP contribution is 2.14. The summed E-state index contributed by atoms with van der Waals surface area (Å²) in [6.07, 6.45) is 1.98. The molecule has 0 fully saturated rings. The van der Waals surface area contributed by atoms with Crippen LogP contribution < -0.4 is 5.32 Å². The summed E-state index contributed by atoms with van der Waals surface area (Å²) in [5.74, 6) is -1.11. The van der Waals surface area contributed by atoms with E-state index in [1.807, 2.05) is 18.4 Å². The lowest BCUT2D eigenvalue weighted by Gasteiger charge is -2.06. The number of hydrogen-bond acceptors (Lipinski definition) is 3. The molecule has 0 spiro atoms. The molecule has 0 aromatic heterocycles. The Labute approximate surface area is 127 Å². The van der Waals surface area contributed by atoms with Crippen molar-refractivity contribution in [2.75, 3.05) is 6.26 Å². The molecule has 5 heteroatoms. The standard InChI is InChI=1S/C16H15NO3S/c1-21-14-8-6-12(7-9-14)15(18)17-10-11-2-4-13(5-3-11)16(19)20/h2-9H,10H2,1H3,(H,17,18)(H,19,20). The van der Waals surface area contributed by atoms with Crippen LogP contribution in [0.25, 0.3) is 0 Å². The number of carbonyl (C=O) groups excluding carboxylic acids is 1. The van der Waals surface area contributed by atoms with E-state index < -0.39 is 5.97 Å². The van der Waals surface area contributed by atoms with Crippen LogP contribution in [0.4, 0.5) is 0 Å². The van der Waals surface area contributed by atoms with Crippen LogP contribution in [0, 0.1) is 0 Å². The first-order valence-electron chi connectivity index (χ1n) is 6.34. The second-order valence-electron chi connectivity index (χ2n) is 4.41. The molecular formula is C16H15NO3S. The van der Waals surface area contributed by atoms with Gasteiger partial charge in [0, 0.05) is 17.0 Å². The molecule has 0 atom stereocenters. The van der Waals surface area contributed by atoms with E-state index in [4.69, 9.17) is 5.11 Å². The number of carboxylic acid groups (broad SMARTS) is 1. The quantitative estimate of drug-likeness (QED) is 0.833. The van der Waals surface area contributed by atoms with Crippen LogP contribution in [-0.2, 0) is 6.54 Å². The first-order chi connectivity index (χ1) is 10.1. The summed E-state index contributed by atoms with van der Waals surface area (Å²) in [6.45, 7) is 0.364. The minimum Gasteiger partial charge on any atom is -0.478 e. The first kappa shape index (κ1) is 15.1. The molecule has 0 bridgehead atoms. The van der Waals surface area contributed by atoms with Crippen molar-refractivity contribution in [1.82, 2.24) is 5.32 Å². The van der Waals surface area contributed by atoms with E-state index >= 15 is 0 Å². The Balaban J connectivity index is 1.95. The molecule has 0 saturated carbocycles. The average Bonchev–Trinajstić information content (AvgIpc) is 2.53. The summed E-state index contributed by atoms with van der Waals surface area (Å²) >= 11 is 1.62. The third kappa shape index (κ3) is 4.10. The van der Waals surface area contributed by atoms with Crippen molar-refractivity contribution in [3.05, 3.63) is 65.2 Å². The Morgan fingerprint density at radius 3 is 2.10 bits per heavy atom. The summed E-state index contributed by atoms with van der Waals surface area (Å²) in [5, 5.41) is 11.6. The monoisotopic (exact) mass is 301 g/mol. The van der Waals surface area contributed by atoms with Gasteiger partial charge in [0.2, 0.25) is 0 Å². The summed E-state index contributed by atoms with van der Waals surface area (Å²) in [4.78, 5) is 23.8. The van der Waals surface area contributed by atoms with Crippen LogP contribution >= 0.6 is 11.8 Å². The lowest BCUT2D eigenvalue weighted by atomic mass is 10.1. The molecule has 2 rings (SSSR count). The van der Waals surface area contributed by atoms with E-state index in [9.17, 15) is 9.59 Å². The summed E-state index contributed by atoms with van der Waals surface area (Å²) in [5.41, 5.74) is 1.70. The Bertz CT molecular complexity index is 636. The largest absolute Gasteiger partial charge is 0.478 e. The van der Waals surface area contributed by atoms with Crippen LogP contribution in [0.15, 0.2) is 53.4 Å². The number of aromatic carboxylic acids is 1. The van der Waals surface area contributed by atoms with Crippen LogP contribution in [0.1, 0.15) is 26.3 Å². The van der Waals surface area contributed by atoms with Crippen molar-refractivity contribution in [3.63, 3.8) is 0 Å². The van der Waals surface area contributed by atoms with Gasteiger partial charge in [-0.1, -0.05) is 12.1 Å². The molecule has 0 heterocycles. The molecule has 0 aliphatic rings. The molecule has 0 unspecified atom stereocenters. The van der Waals surface area contributed by atoms with Crippen LogP contribution in [0.2, 0.25) is 0 Å². The highest BCUT2D eigenvalue weighted by Gasteiger charge is 2.06. The topological polar surface area (TPSA) is 66.4 Å². The zero-order valence-corrected chi connectivity index (χ0v) is 12.3. The SMILES string of the molecule is CSc1ccc(C(=O)NCc2ccc(C(=O)O)cc2)cc1. The number of carboxylic acids is 1. The van der Waals surface area contributed by atoms with Crippen molar-refractivity contribution >= 4 is 23.6 Å². The minimum atomic E-state index is -0.959. The fourth-order valence-corrected chi connectivity index (χ4v) is 2.20. The van der Waals surface area contributed by atoms with Crippen molar-refractivity contribution in [3.8, 4) is 0 Å². The van der Waals surface area contributed by atoms with Gasteiger partial charge in [-0.05, 0) is 48.2 Å². The van der Waals surface area contributed by atoms with Gasteiger partial charge in [-0.3, -0.25) is 4.79 Å². The van der Waals surface area contributed by atoms with Gasteiger partial charge in [-0.15, -0.1) is 11.8 Å².